The number of nitrogens with one attached hydrogen (secondary N) is 3. The van der Waals surface area contributed by atoms with E-state index in [1.165, 1.54) is 5.56 Å². The fraction of sp³-hybridized carbons (Fsp3) is 0.447. The molecule has 0 saturated heterocycles. The summed E-state index contributed by atoms with van der Waals surface area (Å²) in [7, 11) is 4.06. The molecule has 0 bridgehead atoms. The van der Waals surface area contributed by atoms with Gasteiger partial charge in [0.1, 0.15) is 11.6 Å². The quantitative estimate of drug-likeness (QED) is 0.209. The van der Waals surface area contributed by atoms with E-state index >= 15 is 0 Å². The zero-order valence-electron chi connectivity index (χ0n) is 28.7. The molecular weight excluding hydrogens is 576 g/mol. The molecular formula is C38H50N4O4. The van der Waals surface area contributed by atoms with Crippen molar-refractivity contribution >= 4 is 29.3 Å². The Morgan fingerprint density at radius 1 is 0.848 bits per heavy atom. The lowest BCUT2D eigenvalue weighted by Gasteiger charge is -2.32. The Labute approximate surface area is 274 Å². The molecule has 3 amide bonds. The average molecular weight is 627 g/mol. The fourth-order valence-electron chi connectivity index (χ4n) is 6.26. The second-order valence-electron chi connectivity index (χ2n) is 13.9. The molecule has 246 valence electrons. The monoisotopic (exact) mass is 626 g/mol. The summed E-state index contributed by atoms with van der Waals surface area (Å²) in [5, 5.41) is 8.93. The smallest absolute Gasteiger partial charge is 0.329 e. The molecule has 0 heterocycles. The van der Waals surface area contributed by atoms with E-state index in [1.807, 2.05) is 92.0 Å². The van der Waals surface area contributed by atoms with Gasteiger partial charge in [-0.3, -0.25) is 4.79 Å². The number of anilines is 2. The number of rotatable bonds is 9. The van der Waals surface area contributed by atoms with Gasteiger partial charge in [-0.25, -0.2) is 9.59 Å². The van der Waals surface area contributed by atoms with Crippen molar-refractivity contribution in [1.29, 1.82) is 0 Å². The van der Waals surface area contributed by atoms with Gasteiger partial charge < -0.3 is 25.6 Å². The highest BCUT2D eigenvalue weighted by Gasteiger charge is 2.35. The molecule has 8 nitrogen and oxygen atoms in total. The van der Waals surface area contributed by atoms with Crippen molar-refractivity contribution < 1.29 is 19.1 Å². The van der Waals surface area contributed by atoms with Gasteiger partial charge in [0.05, 0.1) is 11.3 Å². The number of nitrogens with zero attached hydrogens (tertiary/aromatic N) is 1. The van der Waals surface area contributed by atoms with Crippen LogP contribution < -0.4 is 16.0 Å². The summed E-state index contributed by atoms with van der Waals surface area (Å²) in [4.78, 5) is 42.9. The Kier molecular flexibility index (Phi) is 11.3. The van der Waals surface area contributed by atoms with Gasteiger partial charge >= 0.3 is 12.0 Å². The van der Waals surface area contributed by atoms with Crippen molar-refractivity contribution in [2.75, 3.05) is 24.7 Å². The third-order valence-corrected chi connectivity index (χ3v) is 8.28. The van der Waals surface area contributed by atoms with E-state index in [9.17, 15) is 14.4 Å². The molecule has 1 atom stereocenters. The largest absolute Gasteiger partial charge is 0.458 e. The first-order chi connectivity index (χ1) is 21.7. The minimum atomic E-state index is -0.782. The van der Waals surface area contributed by atoms with Crippen LogP contribution in [0.1, 0.15) is 85.5 Å². The lowest BCUT2D eigenvalue weighted by atomic mass is 9.83. The number of amides is 3. The summed E-state index contributed by atoms with van der Waals surface area (Å²) in [5.74, 6) is -0.883. The zero-order valence-corrected chi connectivity index (χ0v) is 28.7. The molecule has 1 aliphatic rings. The predicted octanol–water partition coefficient (Wildman–Crippen LogP) is 8.00. The van der Waals surface area contributed by atoms with Crippen LogP contribution in [0, 0.1) is 26.7 Å². The average Bonchev–Trinajstić information content (AvgIpc) is 2.97. The van der Waals surface area contributed by atoms with Gasteiger partial charge in [-0.15, -0.1) is 0 Å². The third kappa shape index (κ3) is 9.42. The molecule has 3 aromatic carbocycles. The number of benzene rings is 3. The first-order valence-electron chi connectivity index (χ1n) is 16.3. The Morgan fingerprint density at radius 2 is 1.46 bits per heavy atom. The zero-order chi connectivity index (χ0) is 33.6. The van der Waals surface area contributed by atoms with Crippen LogP contribution in [-0.4, -0.2) is 48.5 Å². The number of hydrogen-bond donors (Lipinski definition) is 3. The summed E-state index contributed by atoms with van der Waals surface area (Å²) in [6.45, 7) is 12.2. The van der Waals surface area contributed by atoms with Crippen LogP contribution in [0.25, 0.3) is 11.1 Å². The van der Waals surface area contributed by atoms with Crippen LogP contribution in [-0.2, 0) is 16.1 Å². The van der Waals surface area contributed by atoms with Gasteiger partial charge in [0, 0.05) is 12.2 Å². The number of aryl methyl sites for hydroxylation is 3. The van der Waals surface area contributed by atoms with Crippen molar-refractivity contribution in [3.63, 3.8) is 0 Å². The number of ether oxygens (including phenoxy) is 1. The summed E-state index contributed by atoms with van der Waals surface area (Å²) in [5.41, 5.74) is 6.65. The van der Waals surface area contributed by atoms with Crippen LogP contribution in [0.5, 0.6) is 0 Å². The summed E-state index contributed by atoms with van der Waals surface area (Å²) < 4.78 is 5.76. The van der Waals surface area contributed by atoms with Crippen molar-refractivity contribution in [1.82, 2.24) is 10.2 Å². The molecule has 0 radical (unpaired) electrons. The van der Waals surface area contributed by atoms with Crippen molar-refractivity contribution in [2.45, 2.75) is 91.8 Å². The molecule has 1 aliphatic carbocycles. The second-order valence-corrected chi connectivity index (χ2v) is 13.9. The van der Waals surface area contributed by atoms with E-state index in [-0.39, 0.29) is 11.5 Å². The number of hydrogen-bond acceptors (Lipinski definition) is 5. The number of esters is 1. The Bertz CT molecular complexity index is 1530. The van der Waals surface area contributed by atoms with Crippen molar-refractivity contribution in [2.24, 2.45) is 5.92 Å². The van der Waals surface area contributed by atoms with Crippen molar-refractivity contribution in [3.05, 3.63) is 82.4 Å². The number of carbonyl (C=O) groups excluding carboxylic acids is 3. The maximum absolute atomic E-state index is 14.0. The molecule has 4 rings (SSSR count). The van der Waals surface area contributed by atoms with E-state index in [0.29, 0.717) is 5.69 Å². The molecule has 0 aliphatic heterocycles. The summed E-state index contributed by atoms with van der Waals surface area (Å²) >= 11 is 0. The summed E-state index contributed by atoms with van der Waals surface area (Å²) in [6.07, 6.45) is 4.82. The van der Waals surface area contributed by atoms with Gasteiger partial charge in [0.25, 0.3) is 5.91 Å². The standard InChI is InChI=1S/C38H50N4O4/c1-24-20-25(2)33(26(3)21-24)41-37(45)39-32-22-30(28-16-14-27(15-17-28)23-42(7)8)18-19-31(32)35(43)40-34(29-12-10-9-11-13-29)36(44)46-38(4,5)6/h14-22,29,34H,9-13,23H2,1-8H3,(H,40,43)(H2,39,41,45)/t34-/m0/s1. The minimum Gasteiger partial charge on any atom is -0.458 e. The van der Waals surface area contributed by atoms with E-state index in [2.05, 4.69) is 33.0 Å². The Morgan fingerprint density at radius 3 is 2.04 bits per heavy atom. The number of carbonyl (C=O) groups is 3. The maximum Gasteiger partial charge on any atom is 0.329 e. The maximum atomic E-state index is 14.0. The Hall–Kier alpha value is -4.17. The molecule has 3 aromatic rings. The SMILES string of the molecule is Cc1cc(C)c(NC(=O)Nc2cc(-c3ccc(CN(C)C)cc3)ccc2C(=O)N[C@H](C(=O)OC(C)(C)C)C2CCCCC2)c(C)c1. The highest BCUT2D eigenvalue weighted by molar-refractivity contribution is 6.08. The van der Waals surface area contributed by atoms with E-state index < -0.39 is 29.6 Å². The predicted molar refractivity (Wildman–Crippen MR) is 186 cm³/mol. The topological polar surface area (TPSA) is 99.8 Å². The van der Waals surface area contributed by atoms with Crippen LogP contribution in [0.15, 0.2) is 54.6 Å². The van der Waals surface area contributed by atoms with Gasteiger partial charge in [-0.2, -0.15) is 0 Å². The lowest BCUT2D eigenvalue weighted by molar-refractivity contribution is -0.159. The molecule has 0 spiro atoms. The molecule has 46 heavy (non-hydrogen) atoms. The van der Waals surface area contributed by atoms with Crippen LogP contribution in [0.3, 0.4) is 0 Å². The van der Waals surface area contributed by atoms with Gasteiger partial charge in [-0.05, 0) is 114 Å². The van der Waals surface area contributed by atoms with E-state index in [4.69, 9.17) is 4.74 Å². The summed E-state index contributed by atoms with van der Waals surface area (Å²) in [6, 6.07) is 16.4. The lowest BCUT2D eigenvalue weighted by Crippen LogP contribution is -2.49. The van der Waals surface area contributed by atoms with Gasteiger partial charge in [-0.1, -0.05) is 67.3 Å². The first kappa shape index (κ1) is 34.7. The molecule has 8 heteroatoms. The Balaban J connectivity index is 1.67. The van der Waals surface area contributed by atoms with E-state index in [0.717, 1.165) is 72.2 Å². The van der Waals surface area contributed by atoms with E-state index in [1.54, 1.807) is 6.07 Å². The van der Waals surface area contributed by atoms with Crippen LogP contribution in [0.4, 0.5) is 16.2 Å². The van der Waals surface area contributed by atoms with Crippen LogP contribution in [0.2, 0.25) is 0 Å². The third-order valence-electron chi connectivity index (χ3n) is 8.28. The first-order valence-corrected chi connectivity index (χ1v) is 16.3. The fourth-order valence-corrected chi connectivity index (χ4v) is 6.26. The van der Waals surface area contributed by atoms with Crippen LogP contribution >= 0.6 is 0 Å². The highest BCUT2D eigenvalue weighted by Crippen LogP contribution is 2.31. The molecule has 0 unspecified atom stereocenters. The highest BCUT2D eigenvalue weighted by atomic mass is 16.6. The number of urea groups is 1. The minimum absolute atomic E-state index is 0.0142. The van der Waals surface area contributed by atoms with Gasteiger partial charge in [0.15, 0.2) is 0 Å². The van der Waals surface area contributed by atoms with Gasteiger partial charge in [0.2, 0.25) is 0 Å². The van der Waals surface area contributed by atoms with Crippen molar-refractivity contribution in [3.8, 4) is 11.1 Å². The molecule has 1 fully saturated rings. The molecule has 0 aromatic heterocycles. The molecule has 3 N–H and O–H groups in total. The normalized spacial score (nSPS) is 14.5. The molecule has 1 saturated carbocycles. The second kappa shape index (κ2) is 14.9.